The summed E-state index contributed by atoms with van der Waals surface area (Å²) < 4.78 is 12.7. The Kier molecular flexibility index (Phi) is 5.60. The van der Waals surface area contributed by atoms with Gasteiger partial charge in [-0.15, -0.1) is 0 Å². The molecule has 0 saturated heterocycles. The molecule has 6 nitrogen and oxygen atoms in total. The molecule has 29 heavy (non-hydrogen) atoms. The molecule has 0 aliphatic heterocycles. The second-order valence-electron chi connectivity index (χ2n) is 7.93. The van der Waals surface area contributed by atoms with Gasteiger partial charge in [0.1, 0.15) is 11.4 Å². The molecule has 6 heteroatoms. The van der Waals surface area contributed by atoms with E-state index in [1.54, 1.807) is 19.2 Å². The van der Waals surface area contributed by atoms with Crippen molar-refractivity contribution in [1.29, 1.82) is 0 Å². The van der Waals surface area contributed by atoms with E-state index in [4.69, 9.17) is 16.0 Å². The minimum absolute atomic E-state index is 0.194. The monoisotopic (exact) mass is 391 g/mol. The van der Waals surface area contributed by atoms with Gasteiger partial charge >= 0.3 is 5.97 Å². The van der Waals surface area contributed by atoms with Crippen LogP contribution in [0.4, 0.5) is 5.69 Å². The van der Waals surface area contributed by atoms with E-state index in [2.05, 4.69) is 9.94 Å². The van der Waals surface area contributed by atoms with Crippen LogP contribution < -0.4 is 4.74 Å². The van der Waals surface area contributed by atoms with E-state index in [1.165, 1.54) is 0 Å². The number of esters is 1. The summed E-state index contributed by atoms with van der Waals surface area (Å²) in [6.45, 7) is 15.4. The summed E-state index contributed by atoms with van der Waals surface area (Å²) in [5.74, 6) is 0.393. The average Bonchev–Trinajstić information content (AvgIpc) is 2.95. The molecule has 0 amide bonds. The molecule has 0 fully saturated rings. The second kappa shape index (κ2) is 7.96. The third kappa shape index (κ3) is 4.57. The minimum atomic E-state index is -0.514. The van der Waals surface area contributed by atoms with Crippen LogP contribution in [0.2, 0.25) is 0 Å². The van der Waals surface area contributed by atoms with Crippen LogP contribution in [-0.2, 0) is 22.5 Å². The first-order valence-electron chi connectivity index (χ1n) is 9.43. The normalized spacial score (nSPS) is 11.3. The Balaban J connectivity index is 1.98. The van der Waals surface area contributed by atoms with Crippen molar-refractivity contribution in [2.24, 2.45) is 0 Å². The molecule has 0 aliphatic carbocycles. The van der Waals surface area contributed by atoms with Gasteiger partial charge < -0.3 is 9.47 Å². The largest absolute Gasteiger partial charge is 0.498 e. The van der Waals surface area contributed by atoms with Crippen LogP contribution in [0.5, 0.6) is 5.75 Å². The zero-order valence-corrected chi connectivity index (χ0v) is 17.4. The van der Waals surface area contributed by atoms with Gasteiger partial charge in [-0.25, -0.2) is 4.85 Å². The van der Waals surface area contributed by atoms with E-state index in [0.717, 1.165) is 27.7 Å². The molecule has 0 atom stereocenters. The number of benzene rings is 2. The van der Waals surface area contributed by atoms with Gasteiger partial charge in [-0.2, -0.15) is 5.10 Å². The summed E-state index contributed by atoms with van der Waals surface area (Å²) in [6, 6.07) is 11.3. The molecule has 1 aromatic heterocycles. The maximum atomic E-state index is 12.2. The van der Waals surface area contributed by atoms with Gasteiger partial charge in [0.25, 0.3) is 0 Å². The number of nitrogens with zero attached hydrogens (tertiary/aromatic N) is 3. The average molecular weight is 391 g/mol. The van der Waals surface area contributed by atoms with Crippen LogP contribution in [0.15, 0.2) is 36.4 Å². The van der Waals surface area contributed by atoms with Crippen LogP contribution in [0.1, 0.15) is 37.6 Å². The molecule has 0 radical (unpaired) electrons. The van der Waals surface area contributed by atoms with Crippen LogP contribution in [0, 0.1) is 13.5 Å². The molecule has 2 aromatic carbocycles. The molecular formula is C23H25N3O3. The Hall–Kier alpha value is -3.33. The van der Waals surface area contributed by atoms with E-state index in [9.17, 15) is 4.79 Å². The van der Waals surface area contributed by atoms with Crippen molar-refractivity contribution >= 4 is 22.6 Å². The minimum Gasteiger partial charge on any atom is -0.498 e. The van der Waals surface area contributed by atoms with Crippen LogP contribution in [0.25, 0.3) is 15.7 Å². The Morgan fingerprint density at radius 1 is 1.24 bits per heavy atom. The first kappa shape index (κ1) is 20.4. The number of methoxy groups -OCH3 is 1. The van der Waals surface area contributed by atoms with E-state index in [1.807, 2.05) is 56.6 Å². The summed E-state index contributed by atoms with van der Waals surface area (Å²) in [4.78, 5) is 15.8. The maximum absolute atomic E-state index is 12.2. The van der Waals surface area contributed by atoms with Crippen molar-refractivity contribution < 1.29 is 14.3 Å². The SMILES string of the molecule is [C-]#[N+]c1cccc(OC)c1Cn1nc(C)c2ccc(CC(=O)OC(C)(C)C)cc21. The molecular weight excluding hydrogens is 366 g/mol. The highest BCUT2D eigenvalue weighted by atomic mass is 16.6. The zero-order chi connectivity index (χ0) is 21.2. The van der Waals surface area contributed by atoms with E-state index in [0.29, 0.717) is 18.0 Å². The van der Waals surface area contributed by atoms with Crippen molar-refractivity contribution in [3.63, 3.8) is 0 Å². The highest BCUT2D eigenvalue weighted by molar-refractivity contribution is 5.84. The molecule has 0 bridgehead atoms. The van der Waals surface area contributed by atoms with Crippen molar-refractivity contribution in [3.8, 4) is 5.75 Å². The zero-order valence-electron chi connectivity index (χ0n) is 17.4. The number of aromatic nitrogens is 2. The van der Waals surface area contributed by atoms with Gasteiger partial charge in [0.2, 0.25) is 0 Å². The molecule has 3 rings (SSSR count). The predicted octanol–water partition coefficient (Wildman–Crippen LogP) is 4.84. The number of carbonyl (C=O) groups is 1. The fourth-order valence-corrected chi connectivity index (χ4v) is 3.32. The van der Waals surface area contributed by atoms with Crippen LogP contribution >= 0.6 is 0 Å². The molecule has 0 aliphatic rings. The smallest absolute Gasteiger partial charge is 0.310 e. The standard InChI is InChI=1S/C23H25N3O3/c1-15-17-11-10-16(13-22(27)29-23(2,3)4)12-20(17)26(25-15)14-18-19(24-5)8-7-9-21(18)28-6/h7-12H,13-14H2,1-4,6H3. The highest BCUT2D eigenvalue weighted by Gasteiger charge is 2.18. The number of hydrogen-bond acceptors (Lipinski definition) is 4. The number of ether oxygens (including phenoxy) is 2. The Morgan fingerprint density at radius 2 is 2.00 bits per heavy atom. The second-order valence-corrected chi connectivity index (χ2v) is 7.93. The molecule has 0 saturated carbocycles. The van der Waals surface area contributed by atoms with Gasteiger partial charge in [0, 0.05) is 10.9 Å². The van der Waals surface area contributed by atoms with Gasteiger partial charge in [-0.1, -0.05) is 24.3 Å². The Bertz CT molecular complexity index is 1100. The van der Waals surface area contributed by atoms with E-state index < -0.39 is 5.60 Å². The molecule has 0 N–H and O–H groups in total. The Labute approximate surface area is 170 Å². The summed E-state index contributed by atoms with van der Waals surface area (Å²) in [7, 11) is 1.60. The van der Waals surface area contributed by atoms with Crippen LogP contribution in [0.3, 0.4) is 0 Å². The van der Waals surface area contributed by atoms with E-state index >= 15 is 0 Å². The van der Waals surface area contributed by atoms with Gasteiger partial charge in [-0.3, -0.25) is 9.48 Å². The number of rotatable bonds is 5. The lowest BCUT2D eigenvalue weighted by molar-refractivity contribution is -0.153. The molecule has 0 spiro atoms. The van der Waals surface area contributed by atoms with E-state index in [-0.39, 0.29) is 12.4 Å². The van der Waals surface area contributed by atoms with Gasteiger partial charge in [0.05, 0.1) is 37.9 Å². The van der Waals surface area contributed by atoms with Crippen molar-refractivity contribution in [3.05, 3.63) is 64.6 Å². The molecule has 3 aromatic rings. The first-order chi connectivity index (χ1) is 13.7. The highest BCUT2D eigenvalue weighted by Crippen LogP contribution is 2.31. The van der Waals surface area contributed by atoms with Crippen molar-refractivity contribution in [2.75, 3.05) is 7.11 Å². The number of aryl methyl sites for hydroxylation is 1. The van der Waals surface area contributed by atoms with Crippen LogP contribution in [-0.4, -0.2) is 28.5 Å². The fourth-order valence-electron chi connectivity index (χ4n) is 3.32. The maximum Gasteiger partial charge on any atom is 0.310 e. The molecule has 0 unspecified atom stereocenters. The van der Waals surface area contributed by atoms with Crippen molar-refractivity contribution in [1.82, 2.24) is 9.78 Å². The molecule has 1 heterocycles. The summed E-state index contributed by atoms with van der Waals surface area (Å²) in [5, 5.41) is 5.67. The van der Waals surface area contributed by atoms with Gasteiger partial charge in [-0.05, 0) is 45.4 Å². The fraction of sp³-hybridized carbons (Fsp3) is 0.348. The lowest BCUT2D eigenvalue weighted by Gasteiger charge is -2.19. The quantitative estimate of drug-likeness (QED) is 0.461. The third-order valence-electron chi connectivity index (χ3n) is 4.53. The summed E-state index contributed by atoms with van der Waals surface area (Å²) >= 11 is 0. The first-order valence-corrected chi connectivity index (χ1v) is 9.43. The number of carbonyl (C=O) groups excluding carboxylic acids is 1. The lowest BCUT2D eigenvalue weighted by Crippen LogP contribution is -2.24. The third-order valence-corrected chi connectivity index (χ3v) is 4.53. The molecule has 150 valence electrons. The lowest BCUT2D eigenvalue weighted by atomic mass is 10.1. The predicted molar refractivity (Wildman–Crippen MR) is 112 cm³/mol. The van der Waals surface area contributed by atoms with Gasteiger partial charge in [0.15, 0.2) is 5.69 Å². The number of fused-ring (bicyclic) bond motifs is 1. The number of hydrogen-bond donors (Lipinski definition) is 0. The topological polar surface area (TPSA) is 57.7 Å². The summed E-state index contributed by atoms with van der Waals surface area (Å²) in [6.07, 6.45) is 0.194. The van der Waals surface area contributed by atoms with Crippen molar-refractivity contribution in [2.45, 2.75) is 46.3 Å². The Morgan fingerprint density at radius 3 is 2.66 bits per heavy atom. The summed E-state index contributed by atoms with van der Waals surface area (Å²) in [5.41, 5.74) is 3.47.